The second kappa shape index (κ2) is 9.93. The quantitative estimate of drug-likeness (QED) is 0.600. The number of hydrogen-bond donors (Lipinski definition) is 1. The zero-order valence-electron chi connectivity index (χ0n) is 16.6. The monoisotopic (exact) mass is 442 g/mol. The van der Waals surface area contributed by atoms with E-state index in [9.17, 15) is 13.2 Å². The van der Waals surface area contributed by atoms with Gasteiger partial charge in [0, 0.05) is 19.2 Å². The molecule has 29 heavy (non-hydrogen) atoms. The highest BCUT2D eigenvalue weighted by molar-refractivity contribution is 7.89. The lowest BCUT2D eigenvalue weighted by Crippen LogP contribution is -2.28. The summed E-state index contributed by atoms with van der Waals surface area (Å²) in [7, 11) is 1.59. The van der Waals surface area contributed by atoms with E-state index in [0.29, 0.717) is 28.9 Å². The highest BCUT2D eigenvalue weighted by Gasteiger charge is 2.25. The average Bonchev–Trinajstić information content (AvgIpc) is 2.72. The second-order valence-electron chi connectivity index (χ2n) is 5.94. The lowest BCUT2D eigenvalue weighted by atomic mass is 10.1. The van der Waals surface area contributed by atoms with E-state index in [-0.39, 0.29) is 15.5 Å². The number of benzene rings is 2. The molecule has 0 aromatic heterocycles. The number of methoxy groups -OCH3 is 2. The van der Waals surface area contributed by atoms with Crippen molar-refractivity contribution < 1.29 is 27.5 Å². The number of carbonyl (C=O) groups is 1. The van der Waals surface area contributed by atoms with Crippen molar-refractivity contribution in [2.75, 3.05) is 34.9 Å². The zero-order valence-corrected chi connectivity index (χ0v) is 18.1. The van der Waals surface area contributed by atoms with E-state index in [2.05, 4.69) is 5.32 Å². The number of sulfonamides is 1. The molecule has 0 aliphatic rings. The molecule has 0 aliphatic carbocycles. The topological polar surface area (TPSA) is 94.2 Å². The third-order valence-corrected chi connectivity index (χ3v) is 6.38. The molecule has 0 atom stereocenters. The Morgan fingerprint density at radius 3 is 2.38 bits per heavy atom. The van der Waals surface area contributed by atoms with E-state index in [1.54, 1.807) is 20.3 Å². The Hall–Kier alpha value is -2.33. The SMILES string of the molecule is COc1ccc(CCNC(=O)c2ccc(Cl)c(S(=O)(=O)N(C)OC)c2)cc1OC. The Labute approximate surface area is 175 Å². The lowest BCUT2D eigenvalue weighted by molar-refractivity contribution is -0.0258. The Kier molecular flexibility index (Phi) is 7.86. The second-order valence-corrected chi connectivity index (χ2v) is 8.25. The third kappa shape index (κ3) is 5.39. The van der Waals surface area contributed by atoms with Crippen molar-refractivity contribution >= 4 is 27.5 Å². The van der Waals surface area contributed by atoms with E-state index in [4.69, 9.17) is 25.9 Å². The van der Waals surface area contributed by atoms with Crippen molar-refractivity contribution in [2.45, 2.75) is 11.3 Å². The van der Waals surface area contributed by atoms with Crippen LogP contribution < -0.4 is 14.8 Å². The predicted molar refractivity (Wildman–Crippen MR) is 109 cm³/mol. The van der Waals surface area contributed by atoms with Gasteiger partial charge in [-0.2, -0.15) is 0 Å². The maximum Gasteiger partial charge on any atom is 0.266 e. The number of halogens is 1. The van der Waals surface area contributed by atoms with Gasteiger partial charge in [0.25, 0.3) is 15.9 Å². The molecule has 0 radical (unpaired) electrons. The summed E-state index contributed by atoms with van der Waals surface area (Å²) in [6.07, 6.45) is 0.553. The Morgan fingerprint density at radius 2 is 1.76 bits per heavy atom. The van der Waals surface area contributed by atoms with Crippen molar-refractivity contribution in [1.82, 2.24) is 9.79 Å². The van der Waals surface area contributed by atoms with Crippen molar-refractivity contribution in [3.05, 3.63) is 52.5 Å². The van der Waals surface area contributed by atoms with Crippen LogP contribution in [0.3, 0.4) is 0 Å². The first-order valence-corrected chi connectivity index (χ1v) is 10.4. The number of carbonyl (C=O) groups excluding carboxylic acids is 1. The van der Waals surface area contributed by atoms with Crippen LogP contribution in [0.1, 0.15) is 15.9 Å². The van der Waals surface area contributed by atoms with Gasteiger partial charge in [-0.05, 0) is 42.3 Å². The maximum atomic E-state index is 12.4. The molecule has 1 amide bonds. The summed E-state index contributed by atoms with van der Waals surface area (Å²) in [6, 6.07) is 9.54. The van der Waals surface area contributed by atoms with Crippen LogP contribution >= 0.6 is 11.6 Å². The van der Waals surface area contributed by atoms with Gasteiger partial charge in [0.15, 0.2) is 11.5 Å². The lowest BCUT2D eigenvalue weighted by Gasteiger charge is -2.16. The largest absolute Gasteiger partial charge is 0.493 e. The van der Waals surface area contributed by atoms with E-state index in [1.165, 1.54) is 32.4 Å². The van der Waals surface area contributed by atoms with Crippen LogP contribution in [0.2, 0.25) is 5.02 Å². The molecule has 0 aliphatic heterocycles. The molecule has 10 heteroatoms. The molecule has 2 rings (SSSR count). The van der Waals surface area contributed by atoms with Crippen LogP contribution in [0.15, 0.2) is 41.3 Å². The van der Waals surface area contributed by atoms with Gasteiger partial charge in [-0.3, -0.25) is 9.63 Å². The summed E-state index contributed by atoms with van der Waals surface area (Å²) in [4.78, 5) is 17.0. The van der Waals surface area contributed by atoms with Gasteiger partial charge in [0.1, 0.15) is 4.90 Å². The summed E-state index contributed by atoms with van der Waals surface area (Å²) >= 11 is 6.01. The smallest absolute Gasteiger partial charge is 0.266 e. The van der Waals surface area contributed by atoms with Crippen LogP contribution in [-0.4, -0.2) is 53.7 Å². The average molecular weight is 443 g/mol. The molecule has 1 N–H and O–H groups in total. The Balaban J connectivity index is 2.09. The molecule has 0 unspecified atom stereocenters. The van der Waals surface area contributed by atoms with Gasteiger partial charge in [-0.15, -0.1) is 0 Å². The molecule has 158 valence electrons. The van der Waals surface area contributed by atoms with Crippen LogP contribution in [0, 0.1) is 0 Å². The first kappa shape index (κ1) is 23.0. The molecule has 0 saturated heterocycles. The highest BCUT2D eigenvalue weighted by atomic mass is 35.5. The van der Waals surface area contributed by atoms with Gasteiger partial charge in [0.2, 0.25) is 0 Å². The van der Waals surface area contributed by atoms with Crippen molar-refractivity contribution in [1.29, 1.82) is 0 Å². The molecule has 8 nitrogen and oxygen atoms in total. The van der Waals surface area contributed by atoms with Gasteiger partial charge >= 0.3 is 0 Å². The summed E-state index contributed by atoms with van der Waals surface area (Å²) < 4.78 is 36.0. The molecule has 0 fully saturated rings. The number of ether oxygens (including phenoxy) is 2. The van der Waals surface area contributed by atoms with Crippen LogP contribution in [0.5, 0.6) is 11.5 Å². The molecule has 0 bridgehead atoms. The van der Waals surface area contributed by atoms with Crippen LogP contribution in [0.25, 0.3) is 0 Å². The minimum atomic E-state index is -3.98. The predicted octanol–water partition coefficient (Wildman–Crippen LogP) is 2.51. The van der Waals surface area contributed by atoms with E-state index in [1.807, 2.05) is 12.1 Å². The minimum Gasteiger partial charge on any atom is -0.493 e. The Bertz CT molecular complexity index is 981. The minimum absolute atomic E-state index is 0.00391. The van der Waals surface area contributed by atoms with Crippen molar-refractivity contribution in [2.24, 2.45) is 0 Å². The fraction of sp³-hybridized carbons (Fsp3) is 0.316. The van der Waals surface area contributed by atoms with Gasteiger partial charge in [-0.25, -0.2) is 8.42 Å². The number of nitrogens with zero attached hydrogens (tertiary/aromatic N) is 1. The number of rotatable bonds is 9. The van der Waals surface area contributed by atoms with E-state index < -0.39 is 15.9 Å². The fourth-order valence-corrected chi connectivity index (χ4v) is 4.01. The van der Waals surface area contributed by atoms with Gasteiger partial charge in [-0.1, -0.05) is 22.1 Å². The third-order valence-electron chi connectivity index (χ3n) is 4.21. The standard InChI is InChI=1S/C19H23ClN2O6S/c1-22(28-4)29(24,25)18-12-14(6-7-15(18)20)19(23)21-10-9-13-5-8-16(26-2)17(11-13)27-3/h5-8,11-12H,9-10H2,1-4H3,(H,21,23). The number of hydrogen-bond acceptors (Lipinski definition) is 6. The normalized spacial score (nSPS) is 11.4. The first-order chi connectivity index (χ1) is 13.7. The van der Waals surface area contributed by atoms with Gasteiger partial charge < -0.3 is 14.8 Å². The van der Waals surface area contributed by atoms with Crippen LogP contribution in [-0.2, 0) is 21.3 Å². The fourth-order valence-electron chi connectivity index (χ4n) is 2.54. The first-order valence-electron chi connectivity index (χ1n) is 8.56. The number of hydroxylamine groups is 1. The molecular formula is C19H23ClN2O6S. The molecular weight excluding hydrogens is 420 g/mol. The summed E-state index contributed by atoms with van der Waals surface area (Å²) in [5.41, 5.74) is 1.12. The van der Waals surface area contributed by atoms with Crippen molar-refractivity contribution in [3.8, 4) is 11.5 Å². The van der Waals surface area contributed by atoms with Crippen LogP contribution in [0.4, 0.5) is 0 Å². The van der Waals surface area contributed by atoms with E-state index >= 15 is 0 Å². The Morgan fingerprint density at radius 1 is 1.07 bits per heavy atom. The number of nitrogens with one attached hydrogen (secondary N) is 1. The van der Waals surface area contributed by atoms with Gasteiger partial charge in [0.05, 0.1) is 26.4 Å². The molecule has 0 spiro atoms. The van der Waals surface area contributed by atoms with E-state index in [0.717, 1.165) is 5.56 Å². The summed E-state index contributed by atoms with van der Waals surface area (Å²) in [5.74, 6) is 0.806. The zero-order chi connectivity index (χ0) is 21.6. The van der Waals surface area contributed by atoms with Crippen molar-refractivity contribution in [3.63, 3.8) is 0 Å². The molecule has 0 heterocycles. The highest BCUT2D eigenvalue weighted by Crippen LogP contribution is 2.28. The maximum absolute atomic E-state index is 12.4. The summed E-state index contributed by atoms with van der Waals surface area (Å²) in [6.45, 7) is 0.344. The molecule has 2 aromatic rings. The molecule has 0 saturated carbocycles. The molecule has 2 aromatic carbocycles. The number of amides is 1. The summed E-state index contributed by atoms with van der Waals surface area (Å²) in [5, 5.41) is 2.76.